The number of nitrogens with one attached hydrogen (secondary N) is 2. The van der Waals surface area contributed by atoms with Crippen molar-refractivity contribution in [2.24, 2.45) is 0 Å². The highest BCUT2D eigenvalue weighted by molar-refractivity contribution is 7.80. The maximum absolute atomic E-state index is 12.4. The third kappa shape index (κ3) is 6.47. The van der Waals surface area contributed by atoms with Crippen LogP contribution in [0.25, 0.3) is 0 Å². The molecule has 0 bridgehead atoms. The third-order valence-electron chi connectivity index (χ3n) is 4.14. The topological polar surface area (TPSA) is 59.6 Å². The summed E-state index contributed by atoms with van der Waals surface area (Å²) in [5.74, 6) is 1.13. The molecule has 0 saturated heterocycles. The van der Waals surface area contributed by atoms with Crippen LogP contribution in [-0.4, -0.2) is 24.2 Å². The molecule has 3 rings (SSSR count). The molecule has 2 N–H and O–H groups in total. The molecule has 0 radical (unpaired) electrons. The van der Waals surface area contributed by atoms with E-state index < -0.39 is 0 Å². The van der Waals surface area contributed by atoms with Crippen LogP contribution in [0.1, 0.15) is 15.9 Å². The summed E-state index contributed by atoms with van der Waals surface area (Å²) >= 11 is 11.3. The molecule has 0 aliphatic rings. The van der Waals surface area contributed by atoms with E-state index in [0.717, 1.165) is 11.3 Å². The van der Waals surface area contributed by atoms with Crippen LogP contribution in [-0.2, 0) is 0 Å². The van der Waals surface area contributed by atoms with Gasteiger partial charge in [-0.05, 0) is 73.2 Å². The lowest BCUT2D eigenvalue weighted by Crippen LogP contribution is -2.34. The van der Waals surface area contributed by atoms with Crippen molar-refractivity contribution < 1.29 is 14.3 Å². The minimum Gasteiger partial charge on any atom is -0.490 e. The number of hydrogen-bond acceptors (Lipinski definition) is 4. The number of carbonyl (C=O) groups excluding carboxylic acids is 1. The third-order valence-corrected chi connectivity index (χ3v) is 4.75. The van der Waals surface area contributed by atoms with Crippen molar-refractivity contribution in [3.8, 4) is 11.5 Å². The number of benzene rings is 3. The first-order valence-electron chi connectivity index (χ1n) is 9.30. The molecule has 1 amide bonds. The Labute approximate surface area is 186 Å². The molecule has 0 fully saturated rings. The Morgan fingerprint density at radius 3 is 2.20 bits per heavy atom. The van der Waals surface area contributed by atoms with Gasteiger partial charge < -0.3 is 14.8 Å². The van der Waals surface area contributed by atoms with Gasteiger partial charge in [0.15, 0.2) is 5.11 Å². The fraction of sp³-hybridized carbons (Fsp3) is 0.130. The Morgan fingerprint density at radius 1 is 0.933 bits per heavy atom. The lowest BCUT2D eigenvalue weighted by molar-refractivity contribution is 0.0977. The van der Waals surface area contributed by atoms with Gasteiger partial charge in [0.05, 0.1) is 0 Å². The first kappa shape index (κ1) is 21.6. The van der Waals surface area contributed by atoms with Crippen molar-refractivity contribution in [3.05, 3.63) is 88.9 Å². The summed E-state index contributed by atoms with van der Waals surface area (Å²) in [6, 6.07) is 21.8. The zero-order chi connectivity index (χ0) is 21.3. The molecule has 0 heterocycles. The van der Waals surface area contributed by atoms with Crippen molar-refractivity contribution in [1.82, 2.24) is 5.32 Å². The van der Waals surface area contributed by atoms with E-state index in [-0.39, 0.29) is 11.0 Å². The van der Waals surface area contributed by atoms with E-state index in [1.54, 1.807) is 30.3 Å². The summed E-state index contributed by atoms with van der Waals surface area (Å²) < 4.78 is 11.2. The van der Waals surface area contributed by atoms with Crippen LogP contribution in [0.3, 0.4) is 0 Å². The number of rotatable bonds is 7. The van der Waals surface area contributed by atoms with Crippen LogP contribution in [0.5, 0.6) is 11.5 Å². The smallest absolute Gasteiger partial charge is 0.257 e. The highest BCUT2D eigenvalue weighted by atomic mass is 35.5. The Kier molecular flexibility index (Phi) is 7.65. The molecular weight excluding hydrogens is 420 g/mol. The van der Waals surface area contributed by atoms with Gasteiger partial charge in [-0.2, -0.15) is 0 Å². The van der Waals surface area contributed by atoms with Gasteiger partial charge in [0.1, 0.15) is 24.7 Å². The summed E-state index contributed by atoms with van der Waals surface area (Å²) in [5.41, 5.74) is 2.14. The van der Waals surface area contributed by atoms with Gasteiger partial charge in [-0.3, -0.25) is 10.1 Å². The normalized spacial score (nSPS) is 10.2. The van der Waals surface area contributed by atoms with Gasteiger partial charge >= 0.3 is 0 Å². The van der Waals surface area contributed by atoms with Gasteiger partial charge in [-0.15, -0.1) is 0 Å². The van der Waals surface area contributed by atoms with E-state index in [1.165, 1.54) is 0 Å². The number of anilines is 1. The highest BCUT2D eigenvalue weighted by Gasteiger charge is 2.09. The Hall–Kier alpha value is -3.09. The molecule has 0 spiro atoms. The number of amides is 1. The van der Waals surface area contributed by atoms with Gasteiger partial charge in [0.25, 0.3) is 5.91 Å². The van der Waals surface area contributed by atoms with Gasteiger partial charge in [0, 0.05) is 16.3 Å². The highest BCUT2D eigenvalue weighted by Crippen LogP contribution is 2.20. The van der Waals surface area contributed by atoms with E-state index in [0.29, 0.717) is 35.2 Å². The number of carbonyl (C=O) groups is 1. The molecule has 30 heavy (non-hydrogen) atoms. The van der Waals surface area contributed by atoms with Crippen molar-refractivity contribution >= 4 is 40.5 Å². The van der Waals surface area contributed by atoms with Crippen molar-refractivity contribution in [1.29, 1.82) is 0 Å². The first-order valence-corrected chi connectivity index (χ1v) is 10.1. The molecule has 0 atom stereocenters. The Bertz CT molecular complexity index is 1010. The van der Waals surface area contributed by atoms with Crippen LogP contribution in [0, 0.1) is 6.92 Å². The van der Waals surface area contributed by atoms with Gasteiger partial charge in [-0.1, -0.05) is 35.9 Å². The number of halogens is 1. The van der Waals surface area contributed by atoms with E-state index in [9.17, 15) is 4.79 Å². The number of ether oxygens (including phenoxy) is 2. The molecule has 3 aromatic rings. The van der Waals surface area contributed by atoms with Crippen molar-refractivity contribution in [3.63, 3.8) is 0 Å². The van der Waals surface area contributed by atoms with Crippen molar-refractivity contribution in [2.75, 3.05) is 18.5 Å². The van der Waals surface area contributed by atoms with E-state index in [4.69, 9.17) is 33.3 Å². The fourth-order valence-corrected chi connectivity index (χ4v) is 2.94. The van der Waals surface area contributed by atoms with Gasteiger partial charge in [-0.25, -0.2) is 0 Å². The summed E-state index contributed by atoms with van der Waals surface area (Å²) in [6.45, 7) is 2.73. The quantitative estimate of drug-likeness (QED) is 0.389. The zero-order valence-corrected chi connectivity index (χ0v) is 17.9. The minimum absolute atomic E-state index is 0.193. The maximum atomic E-state index is 12.4. The predicted octanol–water partition coefficient (Wildman–Crippen LogP) is 5.23. The lowest BCUT2D eigenvalue weighted by Gasteiger charge is -2.11. The molecule has 7 heteroatoms. The van der Waals surface area contributed by atoms with Crippen LogP contribution in [0.4, 0.5) is 5.69 Å². The molecule has 0 aliphatic carbocycles. The number of hydrogen-bond donors (Lipinski definition) is 2. The molecule has 0 unspecified atom stereocenters. The largest absolute Gasteiger partial charge is 0.490 e. The molecule has 0 aromatic heterocycles. The molecule has 154 valence electrons. The molecule has 0 saturated carbocycles. The van der Waals surface area contributed by atoms with Crippen LogP contribution >= 0.6 is 23.8 Å². The van der Waals surface area contributed by atoms with E-state index in [2.05, 4.69) is 10.6 Å². The SMILES string of the molecule is Cc1ccc(NC(=S)NC(=O)c2ccc(OCCOc3ccccc3)cc2)cc1Cl. The predicted molar refractivity (Wildman–Crippen MR) is 124 cm³/mol. The second-order valence-electron chi connectivity index (χ2n) is 6.41. The lowest BCUT2D eigenvalue weighted by atomic mass is 10.2. The Balaban J connectivity index is 1.44. The minimum atomic E-state index is -0.315. The summed E-state index contributed by atoms with van der Waals surface area (Å²) in [7, 11) is 0. The summed E-state index contributed by atoms with van der Waals surface area (Å²) in [5, 5.41) is 6.41. The molecular formula is C23H21ClN2O3S. The standard InChI is InChI=1S/C23H21ClN2O3S/c1-16-7-10-18(15-21(16)24)25-23(30)26-22(27)17-8-11-20(12-9-17)29-14-13-28-19-5-3-2-4-6-19/h2-12,15H,13-14H2,1H3,(H2,25,26,27,30). The maximum Gasteiger partial charge on any atom is 0.257 e. The van der Waals surface area contributed by atoms with E-state index in [1.807, 2.05) is 49.4 Å². The van der Waals surface area contributed by atoms with Crippen LogP contribution in [0.2, 0.25) is 5.02 Å². The monoisotopic (exact) mass is 440 g/mol. The molecule has 5 nitrogen and oxygen atoms in total. The second kappa shape index (κ2) is 10.6. The first-order chi connectivity index (χ1) is 14.5. The fourth-order valence-electron chi connectivity index (χ4n) is 2.55. The zero-order valence-electron chi connectivity index (χ0n) is 16.4. The van der Waals surface area contributed by atoms with E-state index >= 15 is 0 Å². The van der Waals surface area contributed by atoms with Crippen LogP contribution in [0.15, 0.2) is 72.8 Å². The number of thiocarbonyl (C=S) groups is 1. The average Bonchev–Trinajstić information content (AvgIpc) is 2.75. The summed E-state index contributed by atoms with van der Waals surface area (Å²) in [4.78, 5) is 12.4. The molecule has 3 aromatic carbocycles. The van der Waals surface area contributed by atoms with Crippen molar-refractivity contribution in [2.45, 2.75) is 6.92 Å². The molecule has 0 aliphatic heterocycles. The number of para-hydroxylation sites is 1. The van der Waals surface area contributed by atoms with Crippen LogP contribution < -0.4 is 20.1 Å². The average molecular weight is 441 g/mol. The summed E-state index contributed by atoms with van der Waals surface area (Å²) in [6.07, 6.45) is 0. The Morgan fingerprint density at radius 2 is 1.57 bits per heavy atom. The second-order valence-corrected chi connectivity index (χ2v) is 7.22. The van der Waals surface area contributed by atoms with Gasteiger partial charge in [0.2, 0.25) is 0 Å². The number of aryl methyl sites for hydroxylation is 1.